The SMILES string of the molecule is CC(NS(=O)(=O)C(C)C)C1CCC1. The van der Waals surface area contributed by atoms with Gasteiger partial charge in [-0.1, -0.05) is 6.42 Å². The molecule has 0 aromatic carbocycles. The molecule has 4 heteroatoms. The number of hydrogen-bond acceptors (Lipinski definition) is 2. The normalized spacial score (nSPS) is 21.5. The van der Waals surface area contributed by atoms with E-state index in [4.69, 9.17) is 0 Å². The van der Waals surface area contributed by atoms with Gasteiger partial charge in [-0.2, -0.15) is 0 Å². The maximum atomic E-state index is 11.5. The summed E-state index contributed by atoms with van der Waals surface area (Å²) in [6, 6.07) is 0.112. The van der Waals surface area contributed by atoms with Crippen molar-refractivity contribution >= 4 is 10.0 Å². The van der Waals surface area contributed by atoms with Crippen molar-refractivity contribution in [3.63, 3.8) is 0 Å². The van der Waals surface area contributed by atoms with Crippen molar-refractivity contribution in [2.24, 2.45) is 5.92 Å². The molecule has 0 aliphatic heterocycles. The highest BCUT2D eigenvalue weighted by Crippen LogP contribution is 2.29. The lowest BCUT2D eigenvalue weighted by atomic mass is 9.81. The fourth-order valence-corrected chi connectivity index (χ4v) is 2.41. The van der Waals surface area contributed by atoms with Gasteiger partial charge in [-0.3, -0.25) is 0 Å². The van der Waals surface area contributed by atoms with E-state index in [1.165, 1.54) is 19.3 Å². The van der Waals surface area contributed by atoms with E-state index in [0.29, 0.717) is 5.92 Å². The summed E-state index contributed by atoms with van der Waals surface area (Å²) in [5, 5.41) is -0.324. The van der Waals surface area contributed by atoms with Gasteiger partial charge in [0.15, 0.2) is 0 Å². The molecule has 1 saturated carbocycles. The summed E-state index contributed by atoms with van der Waals surface area (Å²) >= 11 is 0. The van der Waals surface area contributed by atoms with Crippen molar-refractivity contribution in [1.82, 2.24) is 4.72 Å². The maximum Gasteiger partial charge on any atom is 0.214 e. The van der Waals surface area contributed by atoms with E-state index in [2.05, 4.69) is 4.72 Å². The van der Waals surface area contributed by atoms with Crippen LogP contribution in [0.5, 0.6) is 0 Å². The summed E-state index contributed by atoms with van der Waals surface area (Å²) in [4.78, 5) is 0. The van der Waals surface area contributed by atoms with Crippen molar-refractivity contribution in [1.29, 1.82) is 0 Å². The summed E-state index contributed by atoms with van der Waals surface area (Å²) < 4.78 is 25.7. The van der Waals surface area contributed by atoms with E-state index in [-0.39, 0.29) is 11.3 Å². The van der Waals surface area contributed by atoms with Crippen LogP contribution >= 0.6 is 0 Å². The zero-order valence-corrected chi connectivity index (χ0v) is 9.39. The molecule has 1 atom stereocenters. The number of rotatable bonds is 4. The molecule has 1 rings (SSSR count). The first-order valence-electron chi connectivity index (χ1n) is 4.94. The standard InChI is InChI=1S/C9H19NO2S/c1-7(2)13(11,12)10-8(3)9-5-4-6-9/h7-10H,4-6H2,1-3H3. The Kier molecular flexibility index (Phi) is 3.35. The Balaban J connectivity index is 2.47. The number of hydrogen-bond donors (Lipinski definition) is 1. The molecule has 0 heterocycles. The molecule has 1 fully saturated rings. The van der Waals surface area contributed by atoms with Gasteiger partial charge in [0, 0.05) is 6.04 Å². The monoisotopic (exact) mass is 205 g/mol. The molecule has 0 bridgehead atoms. The van der Waals surface area contributed by atoms with E-state index < -0.39 is 10.0 Å². The molecule has 0 saturated heterocycles. The molecule has 1 N–H and O–H groups in total. The van der Waals surface area contributed by atoms with Gasteiger partial charge < -0.3 is 0 Å². The third-order valence-electron chi connectivity index (χ3n) is 2.83. The molecule has 0 aromatic heterocycles. The topological polar surface area (TPSA) is 46.2 Å². The van der Waals surface area contributed by atoms with Crippen LogP contribution < -0.4 is 4.72 Å². The van der Waals surface area contributed by atoms with E-state index in [0.717, 1.165) is 0 Å². The van der Waals surface area contributed by atoms with Crippen LogP contribution in [0.4, 0.5) is 0 Å². The lowest BCUT2D eigenvalue weighted by molar-refractivity contribution is 0.260. The average molecular weight is 205 g/mol. The van der Waals surface area contributed by atoms with Crippen LogP contribution in [0.2, 0.25) is 0 Å². The van der Waals surface area contributed by atoms with Crippen LogP contribution in [0.3, 0.4) is 0 Å². The van der Waals surface area contributed by atoms with Crippen LogP contribution in [-0.2, 0) is 10.0 Å². The lowest BCUT2D eigenvalue weighted by Crippen LogP contribution is -2.43. The molecule has 3 nitrogen and oxygen atoms in total. The minimum absolute atomic E-state index is 0.112. The summed E-state index contributed by atoms with van der Waals surface area (Å²) in [5.74, 6) is 0.563. The molecular weight excluding hydrogens is 186 g/mol. The van der Waals surface area contributed by atoms with Crippen LogP contribution in [0.1, 0.15) is 40.0 Å². The van der Waals surface area contributed by atoms with Gasteiger partial charge in [0.05, 0.1) is 5.25 Å². The number of sulfonamides is 1. The third kappa shape index (κ3) is 2.68. The van der Waals surface area contributed by atoms with Crippen LogP contribution in [0, 0.1) is 5.92 Å². The molecule has 78 valence electrons. The highest BCUT2D eigenvalue weighted by molar-refractivity contribution is 7.90. The molecule has 0 spiro atoms. The highest BCUT2D eigenvalue weighted by Gasteiger charge is 2.28. The van der Waals surface area contributed by atoms with Crippen molar-refractivity contribution in [2.45, 2.75) is 51.3 Å². The molecule has 1 aliphatic rings. The van der Waals surface area contributed by atoms with Gasteiger partial charge in [-0.05, 0) is 39.5 Å². The molecule has 0 amide bonds. The summed E-state index contributed by atoms with van der Waals surface area (Å²) in [5.41, 5.74) is 0. The zero-order valence-electron chi connectivity index (χ0n) is 8.58. The van der Waals surface area contributed by atoms with Gasteiger partial charge in [0.25, 0.3) is 0 Å². The second-order valence-electron chi connectivity index (χ2n) is 4.19. The second kappa shape index (κ2) is 3.96. The molecule has 1 unspecified atom stereocenters. The van der Waals surface area contributed by atoms with E-state index in [9.17, 15) is 8.42 Å². The van der Waals surface area contributed by atoms with Crippen LogP contribution in [0.25, 0.3) is 0 Å². The fourth-order valence-electron chi connectivity index (χ4n) is 1.43. The Hall–Kier alpha value is -0.0900. The summed E-state index contributed by atoms with van der Waals surface area (Å²) in [6.07, 6.45) is 3.59. The molecule has 13 heavy (non-hydrogen) atoms. The minimum atomic E-state index is -3.07. The molecule has 0 aromatic rings. The van der Waals surface area contributed by atoms with Gasteiger partial charge >= 0.3 is 0 Å². The first kappa shape index (κ1) is 11.0. The first-order valence-corrected chi connectivity index (χ1v) is 6.49. The van der Waals surface area contributed by atoms with Gasteiger partial charge in [-0.25, -0.2) is 13.1 Å². The lowest BCUT2D eigenvalue weighted by Gasteiger charge is -2.32. The highest BCUT2D eigenvalue weighted by atomic mass is 32.2. The molecule has 1 aliphatic carbocycles. The first-order chi connectivity index (χ1) is 5.93. The predicted octanol–water partition coefficient (Wildman–Crippen LogP) is 1.50. The van der Waals surface area contributed by atoms with Crippen molar-refractivity contribution in [2.75, 3.05) is 0 Å². The van der Waals surface area contributed by atoms with Gasteiger partial charge in [0.2, 0.25) is 10.0 Å². The van der Waals surface area contributed by atoms with Crippen LogP contribution in [-0.4, -0.2) is 19.7 Å². The Morgan fingerprint density at radius 2 is 1.77 bits per heavy atom. The average Bonchev–Trinajstić information content (AvgIpc) is 1.80. The Morgan fingerprint density at radius 1 is 1.23 bits per heavy atom. The Morgan fingerprint density at radius 3 is 2.08 bits per heavy atom. The maximum absolute atomic E-state index is 11.5. The van der Waals surface area contributed by atoms with Crippen molar-refractivity contribution < 1.29 is 8.42 Å². The van der Waals surface area contributed by atoms with E-state index >= 15 is 0 Å². The predicted molar refractivity (Wildman–Crippen MR) is 54.0 cm³/mol. The smallest absolute Gasteiger partial charge is 0.212 e. The van der Waals surface area contributed by atoms with Crippen LogP contribution in [0.15, 0.2) is 0 Å². The van der Waals surface area contributed by atoms with Crippen molar-refractivity contribution in [3.05, 3.63) is 0 Å². The minimum Gasteiger partial charge on any atom is -0.212 e. The zero-order chi connectivity index (χ0) is 10.1. The molecule has 0 radical (unpaired) electrons. The Labute approximate surface area is 81.0 Å². The Bertz CT molecular complexity index is 255. The van der Waals surface area contributed by atoms with E-state index in [1.54, 1.807) is 13.8 Å². The summed E-state index contributed by atoms with van der Waals surface area (Å²) in [6.45, 7) is 5.37. The fraction of sp³-hybridized carbons (Fsp3) is 1.00. The number of nitrogens with one attached hydrogen (secondary N) is 1. The van der Waals surface area contributed by atoms with Crippen molar-refractivity contribution in [3.8, 4) is 0 Å². The quantitative estimate of drug-likeness (QED) is 0.756. The van der Waals surface area contributed by atoms with Gasteiger partial charge in [0.1, 0.15) is 0 Å². The third-order valence-corrected chi connectivity index (χ3v) is 4.77. The summed E-state index contributed by atoms with van der Waals surface area (Å²) in [7, 11) is -3.07. The second-order valence-corrected chi connectivity index (χ2v) is 6.46. The molecular formula is C9H19NO2S. The van der Waals surface area contributed by atoms with E-state index in [1.807, 2.05) is 6.92 Å². The largest absolute Gasteiger partial charge is 0.214 e. The van der Waals surface area contributed by atoms with Gasteiger partial charge in [-0.15, -0.1) is 0 Å².